The summed E-state index contributed by atoms with van der Waals surface area (Å²) in [6.45, 7) is 5.14. The quantitative estimate of drug-likeness (QED) is 0.250. The lowest BCUT2D eigenvalue weighted by atomic mass is 9.86. The molecule has 2 bridgehead atoms. The van der Waals surface area contributed by atoms with Crippen LogP contribution in [-0.4, -0.2) is 71.7 Å². The highest BCUT2D eigenvalue weighted by Gasteiger charge is 2.44. The molecule has 3 saturated heterocycles. The number of rotatable bonds is 9. The van der Waals surface area contributed by atoms with E-state index in [4.69, 9.17) is 10.5 Å². The van der Waals surface area contributed by atoms with E-state index in [0.29, 0.717) is 34.6 Å². The summed E-state index contributed by atoms with van der Waals surface area (Å²) < 4.78 is 36.9. The number of piperidine rings is 1. The van der Waals surface area contributed by atoms with Crippen LogP contribution in [0.5, 0.6) is 5.75 Å². The molecule has 202 valence electrons. The van der Waals surface area contributed by atoms with Crippen LogP contribution >= 0.6 is 0 Å². The van der Waals surface area contributed by atoms with Gasteiger partial charge in [-0.1, -0.05) is 11.6 Å². The van der Waals surface area contributed by atoms with Crippen molar-refractivity contribution in [2.24, 2.45) is 4.99 Å². The summed E-state index contributed by atoms with van der Waals surface area (Å²) in [6.07, 6.45) is 7.90. The van der Waals surface area contributed by atoms with Gasteiger partial charge in [0.2, 0.25) is 5.88 Å². The van der Waals surface area contributed by atoms with Crippen molar-refractivity contribution in [1.82, 2.24) is 19.5 Å². The average Bonchev–Trinajstić information content (AvgIpc) is 3.26. The second kappa shape index (κ2) is 10.7. The van der Waals surface area contributed by atoms with Crippen LogP contribution in [0.3, 0.4) is 0 Å². The van der Waals surface area contributed by atoms with Gasteiger partial charge in [0, 0.05) is 55.1 Å². The molecule has 3 aliphatic heterocycles. The van der Waals surface area contributed by atoms with Crippen molar-refractivity contribution < 1.29 is 18.3 Å². The fourth-order valence-electron chi connectivity index (χ4n) is 5.27. The third-order valence-corrected chi connectivity index (χ3v) is 7.10. The van der Waals surface area contributed by atoms with E-state index in [0.717, 1.165) is 31.9 Å². The minimum Gasteiger partial charge on any atom is -0.481 e. The van der Waals surface area contributed by atoms with Crippen LogP contribution in [0.2, 0.25) is 0 Å². The molecule has 3 aliphatic rings. The Bertz CT molecular complexity index is 1480. The number of methoxy groups -OCH3 is 1. The lowest BCUT2D eigenvalue weighted by Gasteiger charge is -2.56. The van der Waals surface area contributed by atoms with Crippen LogP contribution in [0.15, 0.2) is 59.2 Å². The zero-order valence-corrected chi connectivity index (χ0v) is 21.6. The van der Waals surface area contributed by atoms with E-state index in [9.17, 15) is 14.0 Å². The molecule has 2 N–H and O–H groups in total. The Morgan fingerprint density at radius 2 is 2.10 bits per heavy atom. The lowest BCUT2D eigenvalue weighted by molar-refractivity contribution is -0.0501. The smallest absolute Gasteiger partial charge is 0.387 e. The Hall–Kier alpha value is -4.50. The van der Waals surface area contributed by atoms with Crippen molar-refractivity contribution in [1.29, 1.82) is 5.26 Å². The molecule has 2 atom stereocenters. The van der Waals surface area contributed by atoms with E-state index < -0.39 is 6.61 Å². The predicted molar refractivity (Wildman–Crippen MR) is 144 cm³/mol. The predicted octanol–water partition coefficient (Wildman–Crippen LogP) is 3.85. The van der Waals surface area contributed by atoms with Crippen molar-refractivity contribution in [2.75, 3.05) is 37.4 Å². The highest BCUT2D eigenvalue weighted by molar-refractivity contribution is 5.88. The minimum absolute atomic E-state index is 0.00670. The number of aromatic nitrogens is 3. The van der Waals surface area contributed by atoms with Gasteiger partial charge < -0.3 is 20.1 Å². The Labute approximate surface area is 224 Å². The number of nitrogen functional groups attached to an aromatic ring is 1. The van der Waals surface area contributed by atoms with E-state index >= 15 is 0 Å². The SMILES string of the molecule is C=N/C(=C\C=C(/C)CN1C2CC1CN(c1ccc(-c3cc(OC(F)F)cn4nc(N)c(C#N)c34)cn1)C2)OC. The number of ether oxygens (including phenoxy) is 2. The number of hydrogen-bond donors (Lipinski definition) is 1. The molecule has 12 heteroatoms. The zero-order chi connectivity index (χ0) is 27.7. The van der Waals surface area contributed by atoms with Crippen molar-refractivity contribution in [3.63, 3.8) is 0 Å². The maximum absolute atomic E-state index is 12.9. The fraction of sp³-hybridized carbons (Fsp3) is 0.333. The summed E-state index contributed by atoms with van der Waals surface area (Å²) in [5, 5.41) is 13.7. The first-order valence-electron chi connectivity index (χ1n) is 12.3. The maximum atomic E-state index is 12.9. The molecule has 3 aromatic heterocycles. The van der Waals surface area contributed by atoms with Crippen LogP contribution in [0, 0.1) is 11.3 Å². The molecule has 0 amide bonds. The van der Waals surface area contributed by atoms with Gasteiger partial charge in [0.15, 0.2) is 5.82 Å². The number of nitriles is 1. The molecular formula is C27H28F2N8O2. The Balaban J connectivity index is 1.33. The van der Waals surface area contributed by atoms with E-state index in [1.807, 2.05) is 30.4 Å². The van der Waals surface area contributed by atoms with Crippen LogP contribution in [-0.2, 0) is 4.74 Å². The largest absolute Gasteiger partial charge is 0.481 e. The van der Waals surface area contributed by atoms with Crippen molar-refractivity contribution >= 4 is 23.9 Å². The third kappa shape index (κ3) is 5.13. The number of halogens is 2. The van der Waals surface area contributed by atoms with Gasteiger partial charge >= 0.3 is 6.61 Å². The first-order chi connectivity index (χ1) is 18.8. The number of allylic oxidation sites excluding steroid dienone is 2. The van der Waals surface area contributed by atoms with Crippen LogP contribution in [0.25, 0.3) is 16.6 Å². The fourth-order valence-corrected chi connectivity index (χ4v) is 5.27. The Kier molecular flexibility index (Phi) is 7.17. The molecule has 0 saturated carbocycles. The van der Waals surface area contributed by atoms with E-state index in [-0.39, 0.29) is 17.1 Å². The van der Waals surface area contributed by atoms with Crippen LogP contribution in [0.1, 0.15) is 18.9 Å². The standard InChI is InChI=1S/C27H28F2N8O2/c1-16(4-7-24(32-2)38-3)12-36-18-8-19(36)14-35(13-18)23-6-5-17(11-33-23)21-9-20(39-27(28)29)15-37-25(21)22(10-30)26(31)34-37/h4-7,9,11,15,18-19,27H,2,8,12-14H2,1,3H3,(H2,31,34)/b16-4+,24-7+. The second-order valence-electron chi connectivity index (χ2n) is 9.54. The number of piperazine rings is 1. The van der Waals surface area contributed by atoms with Gasteiger partial charge in [-0.2, -0.15) is 14.0 Å². The van der Waals surface area contributed by atoms with Gasteiger partial charge in [-0.05, 0) is 38.3 Å². The molecule has 6 rings (SSSR count). The third-order valence-electron chi connectivity index (χ3n) is 7.10. The van der Waals surface area contributed by atoms with Crippen LogP contribution in [0.4, 0.5) is 20.4 Å². The number of hydrogen-bond acceptors (Lipinski definition) is 9. The number of fused-ring (bicyclic) bond motifs is 3. The number of anilines is 2. The zero-order valence-electron chi connectivity index (χ0n) is 21.6. The lowest BCUT2D eigenvalue weighted by Crippen LogP contribution is -2.69. The van der Waals surface area contributed by atoms with E-state index in [2.05, 4.69) is 43.3 Å². The molecule has 3 fully saturated rings. The molecule has 10 nitrogen and oxygen atoms in total. The molecule has 0 aliphatic carbocycles. The highest BCUT2D eigenvalue weighted by atomic mass is 19.3. The van der Waals surface area contributed by atoms with Crippen molar-refractivity contribution in [3.05, 3.63) is 59.8 Å². The molecule has 2 unspecified atom stereocenters. The van der Waals surface area contributed by atoms with Gasteiger partial charge in [-0.25, -0.2) is 14.5 Å². The van der Waals surface area contributed by atoms with Gasteiger partial charge in [0.1, 0.15) is 23.2 Å². The van der Waals surface area contributed by atoms with Crippen molar-refractivity contribution in [3.8, 4) is 22.9 Å². The molecular weight excluding hydrogens is 506 g/mol. The first kappa shape index (κ1) is 26.1. The second-order valence-corrected chi connectivity index (χ2v) is 9.54. The summed E-state index contributed by atoms with van der Waals surface area (Å²) in [5.41, 5.74) is 8.77. The van der Waals surface area contributed by atoms with Gasteiger partial charge in [0.25, 0.3) is 0 Å². The van der Waals surface area contributed by atoms with Gasteiger partial charge in [-0.15, -0.1) is 5.10 Å². The number of alkyl halides is 2. The maximum Gasteiger partial charge on any atom is 0.387 e. The van der Waals surface area contributed by atoms with Gasteiger partial charge in [0.05, 0.1) is 18.8 Å². The number of nitrogens with two attached hydrogens (primary N) is 1. The summed E-state index contributed by atoms with van der Waals surface area (Å²) in [7, 11) is 1.56. The summed E-state index contributed by atoms with van der Waals surface area (Å²) >= 11 is 0. The monoisotopic (exact) mass is 534 g/mol. The first-order valence-corrected chi connectivity index (χ1v) is 12.3. The summed E-state index contributed by atoms with van der Waals surface area (Å²) in [4.78, 5) is 13.2. The average molecular weight is 535 g/mol. The number of pyridine rings is 2. The highest BCUT2D eigenvalue weighted by Crippen LogP contribution is 2.36. The van der Waals surface area contributed by atoms with Crippen molar-refractivity contribution in [2.45, 2.75) is 32.0 Å². The molecule has 39 heavy (non-hydrogen) atoms. The number of aliphatic imine (C=N–C) groups is 1. The van der Waals surface area contributed by atoms with E-state index in [1.54, 1.807) is 13.3 Å². The Morgan fingerprint density at radius 1 is 1.33 bits per heavy atom. The molecule has 0 radical (unpaired) electrons. The summed E-state index contributed by atoms with van der Waals surface area (Å²) in [6, 6.07) is 8.09. The molecule has 6 heterocycles. The van der Waals surface area contributed by atoms with Gasteiger partial charge in [-0.3, -0.25) is 4.90 Å². The normalized spacial score (nSPS) is 19.6. The topological polar surface area (TPSA) is 117 Å². The summed E-state index contributed by atoms with van der Waals surface area (Å²) in [5.74, 6) is 1.22. The van der Waals surface area contributed by atoms with E-state index in [1.165, 1.54) is 22.4 Å². The van der Waals surface area contributed by atoms with Crippen LogP contribution < -0.4 is 15.4 Å². The molecule has 3 aromatic rings. The number of nitrogens with zero attached hydrogens (tertiary/aromatic N) is 7. The Morgan fingerprint density at radius 3 is 2.72 bits per heavy atom. The molecule has 0 aromatic carbocycles. The minimum atomic E-state index is -3.01. The molecule has 0 spiro atoms.